The molecule has 1 aromatic carbocycles. The SMILES string of the molecule is CCOC1CN(C(=O)NCc2ccc(C(=O)O)cc2)C1. The summed E-state index contributed by atoms with van der Waals surface area (Å²) in [7, 11) is 0. The Morgan fingerprint density at radius 2 is 2.00 bits per heavy atom. The maximum atomic E-state index is 11.8. The van der Waals surface area contributed by atoms with Crippen molar-refractivity contribution >= 4 is 12.0 Å². The van der Waals surface area contributed by atoms with Crippen LogP contribution in [0.15, 0.2) is 24.3 Å². The lowest BCUT2D eigenvalue weighted by Crippen LogP contribution is -2.57. The largest absolute Gasteiger partial charge is 0.478 e. The summed E-state index contributed by atoms with van der Waals surface area (Å²) < 4.78 is 5.38. The molecule has 0 saturated carbocycles. The molecule has 1 fully saturated rings. The normalized spacial score (nSPS) is 14.8. The van der Waals surface area contributed by atoms with Gasteiger partial charge in [-0.1, -0.05) is 12.1 Å². The van der Waals surface area contributed by atoms with E-state index in [0.717, 1.165) is 5.56 Å². The van der Waals surface area contributed by atoms with Gasteiger partial charge in [0, 0.05) is 13.2 Å². The molecule has 0 spiro atoms. The van der Waals surface area contributed by atoms with E-state index in [1.807, 2.05) is 6.92 Å². The van der Waals surface area contributed by atoms with Gasteiger partial charge in [-0.2, -0.15) is 0 Å². The van der Waals surface area contributed by atoms with Crippen LogP contribution in [0.25, 0.3) is 0 Å². The van der Waals surface area contributed by atoms with Crippen LogP contribution in [0.2, 0.25) is 0 Å². The number of hydrogen-bond donors (Lipinski definition) is 2. The van der Waals surface area contributed by atoms with Crippen molar-refractivity contribution in [1.82, 2.24) is 10.2 Å². The molecule has 0 aliphatic carbocycles. The van der Waals surface area contributed by atoms with Crippen molar-refractivity contribution in [3.8, 4) is 0 Å². The molecule has 108 valence electrons. The number of carboxylic acids is 1. The fraction of sp³-hybridized carbons (Fsp3) is 0.429. The maximum Gasteiger partial charge on any atom is 0.335 e. The molecule has 0 aromatic heterocycles. The number of nitrogens with one attached hydrogen (secondary N) is 1. The molecule has 1 aromatic rings. The first-order valence-electron chi connectivity index (χ1n) is 6.56. The Kier molecular flexibility index (Phi) is 4.57. The average molecular weight is 278 g/mol. The fourth-order valence-electron chi connectivity index (χ4n) is 2.00. The second-order valence-electron chi connectivity index (χ2n) is 4.64. The van der Waals surface area contributed by atoms with Crippen molar-refractivity contribution < 1.29 is 19.4 Å². The average Bonchev–Trinajstić information content (AvgIpc) is 2.40. The van der Waals surface area contributed by atoms with Crippen molar-refractivity contribution in [1.29, 1.82) is 0 Å². The topological polar surface area (TPSA) is 78.9 Å². The molecule has 0 bridgehead atoms. The Bertz CT molecular complexity index is 480. The molecule has 0 radical (unpaired) electrons. The number of carboxylic acid groups (broad SMARTS) is 1. The summed E-state index contributed by atoms with van der Waals surface area (Å²) in [6.07, 6.45) is 0.153. The number of ether oxygens (including phenoxy) is 1. The molecule has 1 saturated heterocycles. The maximum absolute atomic E-state index is 11.8. The molecule has 0 atom stereocenters. The molecule has 6 heteroatoms. The summed E-state index contributed by atoms with van der Waals surface area (Å²) in [6.45, 7) is 4.23. The minimum atomic E-state index is -0.955. The lowest BCUT2D eigenvalue weighted by Gasteiger charge is -2.38. The fourth-order valence-corrected chi connectivity index (χ4v) is 2.00. The zero-order chi connectivity index (χ0) is 14.5. The van der Waals surface area contributed by atoms with Crippen LogP contribution in [0, 0.1) is 0 Å². The van der Waals surface area contributed by atoms with E-state index in [1.54, 1.807) is 17.0 Å². The second kappa shape index (κ2) is 6.38. The van der Waals surface area contributed by atoms with Crippen molar-refractivity contribution in [3.05, 3.63) is 35.4 Å². The van der Waals surface area contributed by atoms with Gasteiger partial charge >= 0.3 is 12.0 Å². The van der Waals surface area contributed by atoms with E-state index in [9.17, 15) is 9.59 Å². The van der Waals surface area contributed by atoms with E-state index in [-0.39, 0.29) is 17.7 Å². The number of hydrogen-bond acceptors (Lipinski definition) is 3. The Morgan fingerprint density at radius 3 is 2.55 bits per heavy atom. The summed E-state index contributed by atoms with van der Waals surface area (Å²) in [5, 5.41) is 11.6. The van der Waals surface area contributed by atoms with Crippen LogP contribution in [-0.2, 0) is 11.3 Å². The smallest absolute Gasteiger partial charge is 0.335 e. The lowest BCUT2D eigenvalue weighted by atomic mass is 10.1. The van der Waals surface area contributed by atoms with E-state index in [2.05, 4.69) is 5.32 Å². The molecule has 6 nitrogen and oxygen atoms in total. The molecule has 2 amide bonds. The summed E-state index contributed by atoms with van der Waals surface area (Å²) in [6, 6.07) is 6.33. The van der Waals surface area contributed by atoms with E-state index in [4.69, 9.17) is 9.84 Å². The van der Waals surface area contributed by atoms with Gasteiger partial charge in [0.1, 0.15) is 0 Å². The predicted octanol–water partition coefficient (Wildman–Crippen LogP) is 1.32. The van der Waals surface area contributed by atoms with Crippen LogP contribution in [-0.4, -0.2) is 47.8 Å². The van der Waals surface area contributed by atoms with Gasteiger partial charge in [0.15, 0.2) is 0 Å². The van der Waals surface area contributed by atoms with Gasteiger partial charge in [0.25, 0.3) is 0 Å². The quantitative estimate of drug-likeness (QED) is 0.851. The third-order valence-corrected chi connectivity index (χ3v) is 3.18. The van der Waals surface area contributed by atoms with Gasteiger partial charge in [0.05, 0.1) is 24.8 Å². The minimum Gasteiger partial charge on any atom is -0.478 e. The summed E-state index contributed by atoms with van der Waals surface area (Å²) >= 11 is 0. The summed E-state index contributed by atoms with van der Waals surface area (Å²) in [5.41, 5.74) is 1.10. The Morgan fingerprint density at radius 1 is 1.35 bits per heavy atom. The third-order valence-electron chi connectivity index (χ3n) is 3.18. The Labute approximate surface area is 117 Å². The number of carbonyl (C=O) groups excluding carboxylic acids is 1. The van der Waals surface area contributed by atoms with Gasteiger partial charge < -0.3 is 20.1 Å². The molecule has 2 rings (SSSR count). The van der Waals surface area contributed by atoms with Gasteiger partial charge in [0.2, 0.25) is 0 Å². The summed E-state index contributed by atoms with van der Waals surface area (Å²) in [4.78, 5) is 24.2. The number of amides is 2. The van der Waals surface area contributed by atoms with E-state index >= 15 is 0 Å². The number of rotatable bonds is 5. The number of nitrogens with zero attached hydrogens (tertiary/aromatic N) is 1. The lowest BCUT2D eigenvalue weighted by molar-refractivity contribution is -0.0300. The highest BCUT2D eigenvalue weighted by atomic mass is 16.5. The molecular weight excluding hydrogens is 260 g/mol. The van der Waals surface area contributed by atoms with E-state index in [1.165, 1.54) is 12.1 Å². The first kappa shape index (κ1) is 14.3. The number of carbonyl (C=O) groups is 2. The summed E-state index contributed by atoms with van der Waals surface area (Å²) in [5.74, 6) is -0.955. The molecule has 1 aliphatic rings. The highest BCUT2D eigenvalue weighted by Crippen LogP contribution is 2.12. The second-order valence-corrected chi connectivity index (χ2v) is 4.64. The van der Waals surface area contributed by atoms with Crippen LogP contribution in [0.3, 0.4) is 0 Å². The predicted molar refractivity (Wildman–Crippen MR) is 72.6 cm³/mol. The van der Waals surface area contributed by atoms with Gasteiger partial charge in [-0.25, -0.2) is 9.59 Å². The zero-order valence-electron chi connectivity index (χ0n) is 11.3. The van der Waals surface area contributed by atoms with Crippen LogP contribution < -0.4 is 5.32 Å². The highest BCUT2D eigenvalue weighted by molar-refractivity contribution is 5.87. The standard InChI is InChI=1S/C14H18N2O4/c1-2-20-12-8-16(9-12)14(19)15-7-10-3-5-11(6-4-10)13(17)18/h3-6,12H,2,7-9H2,1H3,(H,15,19)(H,17,18). The molecule has 1 heterocycles. The van der Waals surface area contributed by atoms with Gasteiger partial charge in [-0.05, 0) is 24.6 Å². The first-order valence-corrected chi connectivity index (χ1v) is 6.56. The van der Waals surface area contributed by atoms with Crippen molar-refractivity contribution in [3.63, 3.8) is 0 Å². The number of benzene rings is 1. The van der Waals surface area contributed by atoms with Crippen LogP contribution >= 0.6 is 0 Å². The van der Waals surface area contributed by atoms with Gasteiger partial charge in [-0.3, -0.25) is 0 Å². The molecule has 0 unspecified atom stereocenters. The number of urea groups is 1. The molecular formula is C14H18N2O4. The van der Waals surface area contributed by atoms with Crippen molar-refractivity contribution in [2.24, 2.45) is 0 Å². The zero-order valence-corrected chi connectivity index (χ0v) is 11.3. The number of aromatic carboxylic acids is 1. The van der Waals surface area contributed by atoms with Crippen LogP contribution in [0.5, 0.6) is 0 Å². The van der Waals surface area contributed by atoms with Crippen LogP contribution in [0.4, 0.5) is 4.79 Å². The Hall–Kier alpha value is -2.08. The number of likely N-dealkylation sites (tertiary alicyclic amines) is 1. The minimum absolute atomic E-state index is 0.122. The Balaban J connectivity index is 1.75. The highest BCUT2D eigenvalue weighted by Gasteiger charge is 2.30. The van der Waals surface area contributed by atoms with E-state index in [0.29, 0.717) is 26.2 Å². The molecule has 1 aliphatic heterocycles. The third kappa shape index (κ3) is 3.48. The van der Waals surface area contributed by atoms with Gasteiger partial charge in [-0.15, -0.1) is 0 Å². The van der Waals surface area contributed by atoms with Crippen molar-refractivity contribution in [2.75, 3.05) is 19.7 Å². The molecule has 20 heavy (non-hydrogen) atoms. The van der Waals surface area contributed by atoms with E-state index < -0.39 is 5.97 Å². The molecule has 2 N–H and O–H groups in total. The van der Waals surface area contributed by atoms with Crippen LogP contribution in [0.1, 0.15) is 22.8 Å². The monoisotopic (exact) mass is 278 g/mol. The van der Waals surface area contributed by atoms with Crippen molar-refractivity contribution in [2.45, 2.75) is 19.6 Å². The first-order chi connectivity index (χ1) is 9.60.